The monoisotopic (exact) mass is 515 g/mol. The van der Waals surface area contributed by atoms with Gasteiger partial charge in [0.05, 0.1) is 42.7 Å². The summed E-state index contributed by atoms with van der Waals surface area (Å²) in [6, 6.07) is 6.60. The van der Waals surface area contributed by atoms with E-state index in [-0.39, 0.29) is 25.0 Å². The van der Waals surface area contributed by atoms with Crippen molar-refractivity contribution in [1.82, 2.24) is 19.4 Å². The van der Waals surface area contributed by atoms with Crippen LogP contribution in [-0.4, -0.2) is 75.2 Å². The number of anilines is 1. The van der Waals surface area contributed by atoms with Crippen molar-refractivity contribution >= 4 is 35.2 Å². The van der Waals surface area contributed by atoms with Gasteiger partial charge >= 0.3 is 6.09 Å². The highest BCUT2D eigenvalue weighted by Gasteiger charge is 2.30. The number of morpholine rings is 1. The number of hydrogen-bond acceptors (Lipinski definition) is 6. The predicted molar refractivity (Wildman–Crippen MR) is 134 cm³/mol. The number of halogens is 1. The quantitative estimate of drug-likeness (QED) is 0.626. The van der Waals surface area contributed by atoms with E-state index < -0.39 is 17.7 Å². The van der Waals surface area contributed by atoms with E-state index in [1.807, 2.05) is 20.8 Å². The van der Waals surface area contributed by atoms with Crippen LogP contribution in [0.5, 0.6) is 0 Å². The smallest absolute Gasteiger partial charge is 0.410 e. The number of amides is 3. The summed E-state index contributed by atoms with van der Waals surface area (Å²) in [7, 11) is 0. The molecular weight excluding hydrogens is 486 g/mol. The first-order chi connectivity index (χ1) is 17.1. The van der Waals surface area contributed by atoms with E-state index in [0.717, 1.165) is 0 Å². The molecule has 0 unspecified atom stereocenters. The Bertz CT molecular complexity index is 1170. The molecule has 0 bridgehead atoms. The van der Waals surface area contributed by atoms with Crippen molar-refractivity contribution in [1.29, 1.82) is 0 Å². The summed E-state index contributed by atoms with van der Waals surface area (Å²) in [5.41, 5.74) is 0.308. The lowest BCUT2D eigenvalue weighted by Crippen LogP contribution is -2.49. The maximum Gasteiger partial charge on any atom is 0.410 e. The molecule has 0 saturated carbocycles. The number of fused-ring (bicyclic) bond motifs is 1. The standard InChI is InChI=1S/C25H30ClN5O5/c1-25(2,3)36-24(34)30-12-13-35-16-17(30)8-9-22(32)29-10-11-31-20(14-27-21(31)15-29)23(33)28-19-7-5-4-6-18(19)26/h4-9,14,17H,10-13,15-16H2,1-3H3,(H,28,33)/b9-8+/t17-/m1/s1. The van der Waals surface area contributed by atoms with Crippen LogP contribution in [0.25, 0.3) is 0 Å². The summed E-state index contributed by atoms with van der Waals surface area (Å²) in [4.78, 5) is 45.8. The van der Waals surface area contributed by atoms with Crippen LogP contribution in [0.1, 0.15) is 37.1 Å². The van der Waals surface area contributed by atoms with E-state index in [1.165, 1.54) is 12.3 Å². The molecule has 1 aromatic heterocycles. The Morgan fingerprint density at radius 1 is 1.19 bits per heavy atom. The molecule has 1 atom stereocenters. The van der Waals surface area contributed by atoms with Gasteiger partial charge in [-0.25, -0.2) is 9.78 Å². The van der Waals surface area contributed by atoms with Crippen molar-refractivity contribution in [2.75, 3.05) is 31.6 Å². The van der Waals surface area contributed by atoms with Crippen LogP contribution in [0.3, 0.4) is 0 Å². The van der Waals surface area contributed by atoms with Crippen molar-refractivity contribution < 1.29 is 23.9 Å². The molecule has 1 fully saturated rings. The lowest BCUT2D eigenvalue weighted by atomic mass is 10.2. The molecule has 192 valence electrons. The molecule has 3 heterocycles. The SMILES string of the molecule is CC(C)(C)OC(=O)N1CCOC[C@H]1/C=C/C(=O)N1CCn2c(C(=O)Nc3ccccc3Cl)cnc2C1. The molecule has 2 aromatic rings. The number of para-hydroxylation sites is 1. The number of carbonyl (C=O) groups is 3. The molecule has 4 rings (SSSR count). The number of ether oxygens (including phenoxy) is 2. The fourth-order valence-corrected chi connectivity index (χ4v) is 4.19. The molecule has 36 heavy (non-hydrogen) atoms. The van der Waals surface area contributed by atoms with E-state index in [4.69, 9.17) is 21.1 Å². The highest BCUT2D eigenvalue weighted by atomic mass is 35.5. The maximum absolute atomic E-state index is 12.9. The van der Waals surface area contributed by atoms with Crippen LogP contribution in [0.2, 0.25) is 5.02 Å². The first-order valence-electron chi connectivity index (χ1n) is 11.8. The molecule has 1 N–H and O–H groups in total. The van der Waals surface area contributed by atoms with Gasteiger partial charge < -0.3 is 24.3 Å². The van der Waals surface area contributed by atoms with Crippen molar-refractivity contribution in [3.8, 4) is 0 Å². The van der Waals surface area contributed by atoms with Crippen LogP contribution in [0, 0.1) is 0 Å². The summed E-state index contributed by atoms with van der Waals surface area (Å²) in [6.07, 6.45) is 4.20. The fraction of sp³-hybridized carbons (Fsp3) is 0.440. The van der Waals surface area contributed by atoms with Crippen LogP contribution in [0.4, 0.5) is 10.5 Å². The Kier molecular flexibility index (Phi) is 7.65. The molecule has 1 saturated heterocycles. The minimum atomic E-state index is -0.613. The molecule has 2 aliphatic rings. The average molecular weight is 516 g/mol. The summed E-state index contributed by atoms with van der Waals surface area (Å²) in [5, 5.41) is 3.25. The molecular formula is C25H30ClN5O5. The van der Waals surface area contributed by atoms with E-state index in [9.17, 15) is 14.4 Å². The predicted octanol–water partition coefficient (Wildman–Crippen LogP) is 3.32. The second-order valence-corrected chi connectivity index (χ2v) is 9.99. The number of hydrogen-bond donors (Lipinski definition) is 1. The van der Waals surface area contributed by atoms with Gasteiger partial charge in [-0.05, 0) is 32.9 Å². The summed E-state index contributed by atoms with van der Waals surface area (Å²) < 4.78 is 12.8. The number of carbonyl (C=O) groups excluding carboxylic acids is 3. The number of aromatic nitrogens is 2. The summed E-state index contributed by atoms with van der Waals surface area (Å²) >= 11 is 6.14. The van der Waals surface area contributed by atoms with Gasteiger partial charge in [0.15, 0.2) is 0 Å². The van der Waals surface area contributed by atoms with Gasteiger partial charge in [-0.2, -0.15) is 0 Å². The Morgan fingerprint density at radius 3 is 2.72 bits per heavy atom. The number of imidazole rings is 1. The Hall–Kier alpha value is -3.37. The minimum absolute atomic E-state index is 0.207. The normalized spacial score (nSPS) is 18.2. The van der Waals surface area contributed by atoms with Gasteiger partial charge in [-0.15, -0.1) is 0 Å². The number of nitrogens with zero attached hydrogens (tertiary/aromatic N) is 4. The largest absolute Gasteiger partial charge is 0.444 e. The zero-order valence-corrected chi connectivity index (χ0v) is 21.3. The number of nitrogens with one attached hydrogen (secondary N) is 1. The van der Waals surface area contributed by atoms with Crippen molar-refractivity contribution in [3.05, 3.63) is 59.2 Å². The maximum atomic E-state index is 12.9. The van der Waals surface area contributed by atoms with Gasteiger partial charge in [-0.1, -0.05) is 29.8 Å². The van der Waals surface area contributed by atoms with Crippen LogP contribution < -0.4 is 5.32 Å². The van der Waals surface area contributed by atoms with Gasteiger partial charge in [0.2, 0.25) is 5.91 Å². The Labute approximate surface area is 214 Å². The molecule has 1 aromatic carbocycles. The van der Waals surface area contributed by atoms with E-state index in [2.05, 4.69) is 10.3 Å². The first-order valence-corrected chi connectivity index (χ1v) is 12.1. The molecule has 11 heteroatoms. The molecule has 0 aliphatic carbocycles. The van der Waals surface area contributed by atoms with Crippen molar-refractivity contribution in [2.45, 2.75) is 45.5 Å². The van der Waals surface area contributed by atoms with Crippen molar-refractivity contribution in [2.24, 2.45) is 0 Å². The topological polar surface area (TPSA) is 106 Å². The summed E-state index contributed by atoms with van der Waals surface area (Å²) in [5.74, 6) is 0.0887. The molecule has 10 nitrogen and oxygen atoms in total. The van der Waals surface area contributed by atoms with Crippen molar-refractivity contribution in [3.63, 3.8) is 0 Å². The average Bonchev–Trinajstić information content (AvgIpc) is 3.26. The van der Waals surface area contributed by atoms with Gasteiger partial charge in [0.25, 0.3) is 5.91 Å². The molecule has 3 amide bonds. The zero-order chi connectivity index (χ0) is 25.9. The third-order valence-electron chi connectivity index (χ3n) is 5.78. The second kappa shape index (κ2) is 10.7. The van der Waals surface area contributed by atoms with E-state index in [1.54, 1.807) is 44.7 Å². The highest BCUT2D eigenvalue weighted by molar-refractivity contribution is 6.33. The minimum Gasteiger partial charge on any atom is -0.444 e. The third kappa shape index (κ3) is 6.06. The van der Waals surface area contributed by atoms with Crippen LogP contribution >= 0.6 is 11.6 Å². The van der Waals surface area contributed by atoms with E-state index >= 15 is 0 Å². The lowest BCUT2D eigenvalue weighted by molar-refractivity contribution is -0.127. The lowest BCUT2D eigenvalue weighted by Gasteiger charge is -2.35. The second-order valence-electron chi connectivity index (χ2n) is 9.58. The highest BCUT2D eigenvalue weighted by Crippen LogP contribution is 2.22. The van der Waals surface area contributed by atoms with Gasteiger partial charge in [0.1, 0.15) is 17.1 Å². The Morgan fingerprint density at radius 2 is 1.97 bits per heavy atom. The zero-order valence-electron chi connectivity index (χ0n) is 20.6. The summed E-state index contributed by atoms with van der Waals surface area (Å²) in [6.45, 7) is 7.63. The molecule has 2 aliphatic heterocycles. The third-order valence-corrected chi connectivity index (χ3v) is 6.11. The fourth-order valence-electron chi connectivity index (χ4n) is 4.01. The van der Waals surface area contributed by atoms with Gasteiger partial charge in [-0.3, -0.25) is 14.5 Å². The number of benzene rings is 1. The molecule has 0 radical (unpaired) electrons. The van der Waals surface area contributed by atoms with E-state index in [0.29, 0.717) is 48.5 Å². The molecule has 0 spiro atoms. The Balaban J connectivity index is 1.39. The number of rotatable bonds is 4. The van der Waals surface area contributed by atoms with Crippen LogP contribution in [-0.2, 0) is 27.4 Å². The van der Waals surface area contributed by atoms with Gasteiger partial charge in [0, 0.05) is 25.7 Å². The van der Waals surface area contributed by atoms with Crippen LogP contribution in [0.15, 0.2) is 42.6 Å². The first kappa shape index (κ1) is 25.7.